The molecule has 1 aromatic carbocycles. The number of carbonyl (C=O) groups is 1. The lowest BCUT2D eigenvalue weighted by atomic mass is 9.89. The van der Waals surface area contributed by atoms with Crippen LogP contribution in [0.5, 0.6) is 0 Å². The Balaban J connectivity index is 2.79. The zero-order valence-electron chi connectivity index (χ0n) is 13.2. The number of esters is 1. The van der Waals surface area contributed by atoms with Gasteiger partial charge in [0, 0.05) is 12.1 Å². The fourth-order valence-electron chi connectivity index (χ4n) is 2.54. The van der Waals surface area contributed by atoms with Crippen molar-refractivity contribution in [2.24, 2.45) is 0 Å². The van der Waals surface area contributed by atoms with E-state index in [0.29, 0.717) is 6.42 Å². The van der Waals surface area contributed by atoms with Crippen molar-refractivity contribution in [2.75, 3.05) is 7.11 Å². The van der Waals surface area contributed by atoms with Crippen molar-refractivity contribution in [3.05, 3.63) is 35.4 Å². The Kier molecular flexibility index (Phi) is 6.73. The van der Waals surface area contributed by atoms with Crippen molar-refractivity contribution in [1.29, 1.82) is 0 Å². The molecule has 0 amide bonds. The number of hydrogen-bond acceptors (Lipinski definition) is 3. The summed E-state index contributed by atoms with van der Waals surface area (Å²) in [6, 6.07) is 8.06. The second-order valence-electron chi connectivity index (χ2n) is 5.22. The molecular weight excluding hydrogens is 250 g/mol. The molecule has 0 aliphatic heterocycles. The van der Waals surface area contributed by atoms with E-state index in [9.17, 15) is 4.79 Å². The Bertz CT molecular complexity index is 416. The highest BCUT2D eigenvalue weighted by Gasteiger charge is 2.23. The van der Waals surface area contributed by atoms with Gasteiger partial charge in [0.25, 0.3) is 0 Å². The molecule has 112 valence electrons. The molecule has 0 aromatic heterocycles. The molecule has 0 atom stereocenters. The number of benzene rings is 1. The van der Waals surface area contributed by atoms with Gasteiger partial charge in [0.05, 0.1) is 13.5 Å². The average molecular weight is 277 g/mol. The van der Waals surface area contributed by atoms with Crippen molar-refractivity contribution in [3.63, 3.8) is 0 Å². The predicted octanol–water partition coefficient (Wildman–Crippen LogP) is 3.46. The molecule has 0 aliphatic rings. The van der Waals surface area contributed by atoms with Crippen LogP contribution in [-0.2, 0) is 22.5 Å². The molecule has 1 aromatic rings. The van der Waals surface area contributed by atoms with E-state index in [1.165, 1.54) is 12.7 Å². The minimum Gasteiger partial charge on any atom is -0.469 e. The van der Waals surface area contributed by atoms with Gasteiger partial charge in [-0.1, -0.05) is 45.0 Å². The summed E-state index contributed by atoms with van der Waals surface area (Å²) in [4.78, 5) is 11.5. The van der Waals surface area contributed by atoms with Crippen LogP contribution in [0, 0.1) is 0 Å². The first-order valence-electron chi connectivity index (χ1n) is 7.49. The summed E-state index contributed by atoms with van der Waals surface area (Å²) in [5.41, 5.74) is 2.42. The molecule has 1 rings (SSSR count). The van der Waals surface area contributed by atoms with Gasteiger partial charge in [-0.15, -0.1) is 0 Å². The van der Waals surface area contributed by atoms with E-state index >= 15 is 0 Å². The molecule has 0 aliphatic carbocycles. The van der Waals surface area contributed by atoms with Crippen molar-refractivity contribution in [3.8, 4) is 0 Å². The second kappa shape index (κ2) is 8.05. The summed E-state index contributed by atoms with van der Waals surface area (Å²) in [7, 11) is 1.43. The highest BCUT2D eigenvalue weighted by Crippen LogP contribution is 2.21. The maximum atomic E-state index is 11.5. The maximum absolute atomic E-state index is 11.5. The fraction of sp³-hybridized carbons (Fsp3) is 0.588. The number of carbonyl (C=O) groups excluding carboxylic acids is 1. The Morgan fingerprint density at radius 1 is 1.10 bits per heavy atom. The summed E-state index contributed by atoms with van der Waals surface area (Å²) < 4.78 is 4.76. The van der Waals surface area contributed by atoms with Gasteiger partial charge in [0.15, 0.2) is 0 Å². The van der Waals surface area contributed by atoms with Crippen LogP contribution in [0.15, 0.2) is 24.3 Å². The summed E-state index contributed by atoms with van der Waals surface area (Å²) in [5, 5.41) is 3.68. The van der Waals surface area contributed by atoms with Gasteiger partial charge in [-0.3, -0.25) is 4.79 Å². The van der Waals surface area contributed by atoms with Crippen molar-refractivity contribution < 1.29 is 9.53 Å². The largest absolute Gasteiger partial charge is 0.469 e. The molecule has 0 fully saturated rings. The number of nitrogens with one attached hydrogen (secondary N) is 1. The summed E-state index contributed by atoms with van der Waals surface area (Å²) in [6.45, 7) is 7.46. The average Bonchev–Trinajstić information content (AvgIpc) is 2.50. The van der Waals surface area contributed by atoms with Crippen LogP contribution in [0.1, 0.15) is 51.2 Å². The molecule has 3 heteroatoms. The van der Waals surface area contributed by atoms with Gasteiger partial charge in [0.2, 0.25) is 0 Å². The lowest BCUT2D eigenvalue weighted by molar-refractivity contribution is -0.139. The Morgan fingerprint density at radius 2 is 1.65 bits per heavy atom. The minimum absolute atomic E-state index is 0.190. The number of rotatable bonds is 8. The molecule has 0 unspecified atom stereocenters. The molecule has 0 spiro atoms. The topological polar surface area (TPSA) is 38.3 Å². The van der Waals surface area contributed by atoms with E-state index in [4.69, 9.17) is 4.74 Å². The first-order valence-corrected chi connectivity index (χ1v) is 7.49. The smallest absolute Gasteiger partial charge is 0.309 e. The third-order valence-corrected chi connectivity index (χ3v) is 4.37. The maximum Gasteiger partial charge on any atom is 0.309 e. The third kappa shape index (κ3) is 4.34. The molecule has 0 saturated carbocycles. The lowest BCUT2D eigenvalue weighted by Gasteiger charge is -2.32. The van der Waals surface area contributed by atoms with Crippen LogP contribution in [0.4, 0.5) is 0 Å². The van der Waals surface area contributed by atoms with Crippen molar-refractivity contribution in [2.45, 2.75) is 58.5 Å². The van der Waals surface area contributed by atoms with Crippen molar-refractivity contribution >= 4 is 5.97 Å². The van der Waals surface area contributed by atoms with Crippen LogP contribution >= 0.6 is 0 Å². The third-order valence-electron chi connectivity index (χ3n) is 4.37. The Morgan fingerprint density at radius 3 is 2.15 bits per heavy atom. The van der Waals surface area contributed by atoms with Gasteiger partial charge in [-0.25, -0.2) is 0 Å². The van der Waals surface area contributed by atoms with Gasteiger partial charge in [-0.05, 0) is 30.4 Å². The van der Waals surface area contributed by atoms with Crippen LogP contribution in [0.3, 0.4) is 0 Å². The molecule has 1 N–H and O–H groups in total. The summed E-state index contributed by atoms with van der Waals surface area (Å²) in [5.74, 6) is -0.190. The quantitative estimate of drug-likeness (QED) is 0.740. The normalized spacial score (nSPS) is 11.4. The van der Waals surface area contributed by atoms with Gasteiger partial charge >= 0.3 is 5.97 Å². The van der Waals surface area contributed by atoms with Gasteiger partial charge < -0.3 is 10.1 Å². The van der Waals surface area contributed by atoms with Crippen molar-refractivity contribution in [1.82, 2.24) is 5.32 Å². The number of hydrogen-bond donors (Lipinski definition) is 1. The first kappa shape index (κ1) is 16.7. The highest BCUT2D eigenvalue weighted by molar-refractivity contribution is 5.72. The zero-order chi connectivity index (χ0) is 15.0. The molecule has 0 saturated heterocycles. The van der Waals surface area contributed by atoms with Crippen LogP contribution in [-0.4, -0.2) is 18.6 Å². The zero-order valence-corrected chi connectivity index (χ0v) is 13.2. The number of methoxy groups -OCH3 is 1. The fourth-order valence-corrected chi connectivity index (χ4v) is 2.54. The molecule has 3 nitrogen and oxygen atoms in total. The Hall–Kier alpha value is -1.35. The minimum atomic E-state index is -0.190. The van der Waals surface area contributed by atoms with Crippen LogP contribution < -0.4 is 5.32 Å². The highest BCUT2D eigenvalue weighted by atomic mass is 16.5. The monoisotopic (exact) mass is 277 g/mol. The molecular formula is C17H27NO2. The SMILES string of the molecule is CCC(CC)(CC)NCc1ccccc1CC(=O)OC. The lowest BCUT2D eigenvalue weighted by Crippen LogP contribution is -2.43. The van der Waals surface area contributed by atoms with E-state index < -0.39 is 0 Å². The first-order chi connectivity index (χ1) is 9.60. The summed E-state index contributed by atoms with van der Waals surface area (Å²) in [6.07, 6.45) is 3.67. The van der Waals surface area contributed by atoms with Crippen LogP contribution in [0.2, 0.25) is 0 Å². The molecule has 0 bridgehead atoms. The standard InChI is InChI=1S/C17H27NO2/c1-5-17(6-2,7-3)18-13-15-11-9-8-10-14(15)12-16(19)20-4/h8-11,18H,5-7,12-13H2,1-4H3. The van der Waals surface area contributed by atoms with Gasteiger partial charge in [-0.2, -0.15) is 0 Å². The Labute approximate surface area is 122 Å². The number of ether oxygens (including phenoxy) is 1. The van der Waals surface area contributed by atoms with Gasteiger partial charge in [0.1, 0.15) is 0 Å². The molecule has 0 radical (unpaired) electrons. The van der Waals surface area contributed by atoms with E-state index in [2.05, 4.69) is 32.2 Å². The molecule has 0 heterocycles. The van der Waals surface area contributed by atoms with E-state index in [1.807, 2.05) is 18.2 Å². The van der Waals surface area contributed by atoms with E-state index in [0.717, 1.165) is 31.4 Å². The van der Waals surface area contributed by atoms with Crippen LogP contribution in [0.25, 0.3) is 0 Å². The summed E-state index contributed by atoms with van der Waals surface area (Å²) >= 11 is 0. The second-order valence-corrected chi connectivity index (χ2v) is 5.22. The van der Waals surface area contributed by atoms with E-state index in [1.54, 1.807) is 0 Å². The predicted molar refractivity (Wildman–Crippen MR) is 82.6 cm³/mol. The van der Waals surface area contributed by atoms with E-state index in [-0.39, 0.29) is 11.5 Å². The molecule has 20 heavy (non-hydrogen) atoms.